The number of carboxylic acid groups (broad SMARTS) is 2. The Balaban J connectivity index is 1.60. The van der Waals surface area contributed by atoms with Crippen LogP contribution in [0.4, 0.5) is 5.69 Å². The van der Waals surface area contributed by atoms with E-state index in [1.165, 1.54) is 93.7 Å². The second kappa shape index (κ2) is 18.7. The summed E-state index contributed by atoms with van der Waals surface area (Å²) in [6.07, 6.45) is 17.7. The van der Waals surface area contributed by atoms with Gasteiger partial charge in [0.25, 0.3) is 5.91 Å². The minimum atomic E-state index is -1.31. The molecule has 3 N–H and O–H groups in total. The molecular weight excluding hydrogens is 570 g/mol. The maximum absolute atomic E-state index is 13.8. The van der Waals surface area contributed by atoms with Gasteiger partial charge >= 0.3 is 11.9 Å². The number of carbonyl (C=O) groups is 3. The van der Waals surface area contributed by atoms with Crippen molar-refractivity contribution in [2.45, 2.75) is 104 Å². The smallest absolute Gasteiger partial charge is 0.335 e. The molecular formula is C37H49NO7. The Bertz CT molecular complexity index is 1390. The zero-order valence-electron chi connectivity index (χ0n) is 26.9. The van der Waals surface area contributed by atoms with E-state index < -0.39 is 17.8 Å². The Labute approximate surface area is 267 Å². The highest BCUT2D eigenvalue weighted by atomic mass is 16.5. The molecule has 244 valence electrons. The van der Waals surface area contributed by atoms with Gasteiger partial charge in [0.2, 0.25) is 0 Å². The van der Waals surface area contributed by atoms with Gasteiger partial charge in [-0.25, -0.2) is 9.59 Å². The van der Waals surface area contributed by atoms with Gasteiger partial charge in [-0.1, -0.05) is 115 Å². The van der Waals surface area contributed by atoms with Crippen LogP contribution in [0.1, 0.15) is 135 Å². The molecule has 0 atom stereocenters. The third-order valence-corrected chi connectivity index (χ3v) is 8.25. The lowest BCUT2D eigenvalue weighted by atomic mass is 10.0. The number of aromatic carboxylic acids is 2. The Morgan fingerprint density at radius 2 is 1.16 bits per heavy atom. The Hall–Kier alpha value is -4.07. The molecule has 0 bridgehead atoms. The quantitative estimate of drug-likeness (QED) is 0.101. The van der Waals surface area contributed by atoms with Crippen molar-refractivity contribution in [1.29, 1.82) is 0 Å². The molecule has 8 heteroatoms. The number of hydrogen-bond acceptors (Lipinski definition) is 5. The summed E-state index contributed by atoms with van der Waals surface area (Å²) in [7, 11) is 0. The van der Waals surface area contributed by atoms with Crippen LogP contribution in [0.3, 0.4) is 0 Å². The molecule has 0 saturated carbocycles. The molecule has 0 heterocycles. The predicted octanol–water partition coefficient (Wildman–Crippen LogP) is 9.47. The van der Waals surface area contributed by atoms with Gasteiger partial charge in [-0.05, 0) is 37.6 Å². The fourth-order valence-corrected chi connectivity index (χ4v) is 5.69. The van der Waals surface area contributed by atoms with Gasteiger partial charge in [-0.2, -0.15) is 0 Å². The van der Waals surface area contributed by atoms with Crippen LogP contribution in [0.2, 0.25) is 0 Å². The van der Waals surface area contributed by atoms with E-state index in [1.807, 2.05) is 12.1 Å². The Morgan fingerprint density at radius 1 is 0.667 bits per heavy atom. The third kappa shape index (κ3) is 10.5. The number of fused-ring (bicyclic) bond motifs is 1. The summed E-state index contributed by atoms with van der Waals surface area (Å²) in [5, 5.41) is 31.3. The zero-order chi connectivity index (χ0) is 32.6. The molecule has 3 aromatic carbocycles. The van der Waals surface area contributed by atoms with E-state index in [4.69, 9.17) is 4.74 Å². The first-order valence-electron chi connectivity index (χ1n) is 16.6. The topological polar surface area (TPSA) is 124 Å². The molecule has 0 unspecified atom stereocenters. The van der Waals surface area contributed by atoms with Crippen molar-refractivity contribution in [3.05, 3.63) is 65.2 Å². The van der Waals surface area contributed by atoms with Crippen molar-refractivity contribution < 1.29 is 34.4 Å². The van der Waals surface area contributed by atoms with Crippen LogP contribution >= 0.6 is 0 Å². The zero-order valence-corrected chi connectivity index (χ0v) is 26.9. The van der Waals surface area contributed by atoms with Crippen molar-refractivity contribution in [2.75, 3.05) is 18.1 Å². The number of carboxylic acids is 2. The number of ether oxygens (including phenoxy) is 1. The van der Waals surface area contributed by atoms with E-state index in [0.717, 1.165) is 25.3 Å². The van der Waals surface area contributed by atoms with E-state index in [-0.39, 0.29) is 34.7 Å². The molecule has 0 spiro atoms. The predicted molar refractivity (Wildman–Crippen MR) is 179 cm³/mol. The van der Waals surface area contributed by atoms with Gasteiger partial charge < -0.3 is 25.0 Å². The standard InChI is InChI=1S/C37H49NO7/c1-3-5-6-7-8-9-10-11-12-13-14-15-16-19-22-45-33-26-32(34(39)31-21-18-17-20-30(31)33)35(40)38(4-2)29-24-27(36(41)42)23-28(25-29)37(43)44/h17-18,20-21,23-26,39H,3-16,19,22H2,1-2H3,(H,41,42)(H,43,44). The second-order valence-corrected chi connectivity index (χ2v) is 11.7. The fraction of sp³-hybridized carbons (Fsp3) is 0.486. The number of phenolic OH excluding ortho intramolecular Hbond substituents is 1. The van der Waals surface area contributed by atoms with Gasteiger partial charge in [0.15, 0.2) is 0 Å². The number of unbranched alkanes of at least 4 members (excludes halogenated alkanes) is 13. The van der Waals surface area contributed by atoms with Crippen LogP contribution < -0.4 is 9.64 Å². The second-order valence-electron chi connectivity index (χ2n) is 11.7. The number of hydrogen-bond donors (Lipinski definition) is 3. The SMILES string of the molecule is CCCCCCCCCCCCCCCCOc1cc(C(=O)N(CC)c2cc(C(=O)O)cc(C(=O)O)c2)c(O)c2ccccc12. The van der Waals surface area contributed by atoms with Crippen LogP contribution in [-0.2, 0) is 0 Å². The summed E-state index contributed by atoms with van der Waals surface area (Å²) < 4.78 is 6.16. The summed E-state index contributed by atoms with van der Waals surface area (Å²) in [5.41, 5.74) is -0.409. The normalized spacial score (nSPS) is 11.1. The summed E-state index contributed by atoms with van der Waals surface area (Å²) in [6, 6.07) is 12.2. The lowest BCUT2D eigenvalue weighted by molar-refractivity contribution is 0.0696. The maximum atomic E-state index is 13.8. The number of anilines is 1. The lowest BCUT2D eigenvalue weighted by Crippen LogP contribution is -2.31. The highest BCUT2D eigenvalue weighted by Gasteiger charge is 2.25. The van der Waals surface area contributed by atoms with Crippen LogP contribution in [0.5, 0.6) is 11.5 Å². The van der Waals surface area contributed by atoms with E-state index in [2.05, 4.69) is 6.92 Å². The number of nitrogens with zero attached hydrogens (tertiary/aromatic N) is 1. The van der Waals surface area contributed by atoms with Gasteiger partial charge in [-0.15, -0.1) is 0 Å². The first kappa shape index (κ1) is 35.4. The number of carbonyl (C=O) groups excluding carboxylic acids is 1. The van der Waals surface area contributed by atoms with E-state index >= 15 is 0 Å². The molecule has 3 aromatic rings. The molecule has 45 heavy (non-hydrogen) atoms. The van der Waals surface area contributed by atoms with Crippen LogP contribution in [0.15, 0.2) is 48.5 Å². The molecule has 3 rings (SSSR count). The van der Waals surface area contributed by atoms with E-state index in [0.29, 0.717) is 23.1 Å². The molecule has 0 aliphatic heterocycles. The average molecular weight is 620 g/mol. The molecule has 0 aliphatic carbocycles. The minimum Gasteiger partial charge on any atom is -0.506 e. The summed E-state index contributed by atoms with van der Waals surface area (Å²) in [6.45, 7) is 4.53. The lowest BCUT2D eigenvalue weighted by Gasteiger charge is -2.23. The molecule has 1 amide bonds. The molecule has 8 nitrogen and oxygen atoms in total. The highest BCUT2D eigenvalue weighted by molar-refractivity contribution is 6.13. The van der Waals surface area contributed by atoms with Gasteiger partial charge in [0, 0.05) is 23.0 Å². The Kier molecular flexibility index (Phi) is 14.7. The summed E-state index contributed by atoms with van der Waals surface area (Å²) in [5.74, 6) is -2.96. The maximum Gasteiger partial charge on any atom is 0.335 e. The van der Waals surface area contributed by atoms with Crippen LogP contribution in [-0.4, -0.2) is 46.3 Å². The average Bonchev–Trinajstić information content (AvgIpc) is 3.04. The van der Waals surface area contributed by atoms with Gasteiger partial charge in [0.05, 0.1) is 23.3 Å². The summed E-state index contributed by atoms with van der Waals surface area (Å²) >= 11 is 0. The molecule has 0 radical (unpaired) electrons. The molecule has 0 saturated heterocycles. The minimum absolute atomic E-state index is 0.0101. The number of rotatable bonds is 21. The van der Waals surface area contributed by atoms with Crippen LogP contribution in [0.25, 0.3) is 10.8 Å². The van der Waals surface area contributed by atoms with E-state index in [9.17, 15) is 29.7 Å². The monoisotopic (exact) mass is 619 g/mol. The number of phenols is 1. The number of amides is 1. The first-order chi connectivity index (χ1) is 21.8. The molecule has 0 aliphatic rings. The van der Waals surface area contributed by atoms with Gasteiger partial charge in [-0.3, -0.25) is 4.79 Å². The number of benzene rings is 3. The highest BCUT2D eigenvalue weighted by Crippen LogP contribution is 2.37. The van der Waals surface area contributed by atoms with E-state index in [1.54, 1.807) is 19.1 Å². The fourth-order valence-electron chi connectivity index (χ4n) is 5.69. The van der Waals surface area contributed by atoms with Crippen molar-refractivity contribution in [3.63, 3.8) is 0 Å². The summed E-state index contributed by atoms with van der Waals surface area (Å²) in [4.78, 5) is 38.3. The van der Waals surface area contributed by atoms with Gasteiger partial charge in [0.1, 0.15) is 11.5 Å². The third-order valence-electron chi connectivity index (χ3n) is 8.25. The van der Waals surface area contributed by atoms with Crippen molar-refractivity contribution >= 4 is 34.3 Å². The molecule has 0 fully saturated rings. The number of aromatic hydroxyl groups is 1. The largest absolute Gasteiger partial charge is 0.506 e. The van der Waals surface area contributed by atoms with Crippen LogP contribution in [0, 0.1) is 0 Å². The first-order valence-corrected chi connectivity index (χ1v) is 16.6. The molecule has 0 aromatic heterocycles. The Morgan fingerprint density at radius 3 is 1.64 bits per heavy atom. The van der Waals surface area contributed by atoms with Crippen molar-refractivity contribution in [2.24, 2.45) is 0 Å². The van der Waals surface area contributed by atoms with Crippen molar-refractivity contribution in [3.8, 4) is 11.5 Å². The van der Waals surface area contributed by atoms with Crippen molar-refractivity contribution in [1.82, 2.24) is 0 Å².